The molecule has 0 unspecified atom stereocenters. The molecule has 18 heavy (non-hydrogen) atoms. The fourth-order valence-corrected chi connectivity index (χ4v) is 2.60. The molecule has 1 aliphatic heterocycles. The Morgan fingerprint density at radius 1 is 1.17 bits per heavy atom. The van der Waals surface area contributed by atoms with Gasteiger partial charge in [0.15, 0.2) is 0 Å². The van der Waals surface area contributed by atoms with Crippen LogP contribution in [0.2, 0.25) is 0 Å². The van der Waals surface area contributed by atoms with Gasteiger partial charge in [-0.25, -0.2) is 0 Å². The van der Waals surface area contributed by atoms with Crippen molar-refractivity contribution in [2.45, 2.75) is 45.7 Å². The second-order valence-corrected chi connectivity index (χ2v) is 5.61. The predicted molar refractivity (Wildman–Crippen MR) is 77.8 cm³/mol. The quantitative estimate of drug-likeness (QED) is 0.777. The highest BCUT2D eigenvalue weighted by Gasteiger charge is 2.14. The minimum Gasteiger partial charge on any atom is -0.315 e. The first kappa shape index (κ1) is 13.6. The van der Waals surface area contributed by atoms with Gasteiger partial charge in [0, 0.05) is 19.1 Å². The third-order valence-electron chi connectivity index (χ3n) is 3.66. The predicted octanol–water partition coefficient (Wildman–Crippen LogP) is 2.82. The van der Waals surface area contributed by atoms with Crippen LogP contribution in [-0.2, 0) is 13.0 Å². The molecule has 1 aromatic carbocycles. The van der Waals surface area contributed by atoms with Crippen molar-refractivity contribution < 1.29 is 0 Å². The number of unbranched alkanes of at least 4 members (excludes halogenated alkanes) is 1. The van der Waals surface area contributed by atoms with Crippen LogP contribution in [0.1, 0.15) is 37.8 Å². The van der Waals surface area contributed by atoms with Crippen LogP contribution in [0.3, 0.4) is 0 Å². The summed E-state index contributed by atoms with van der Waals surface area (Å²) in [7, 11) is 0. The average molecular weight is 246 g/mol. The van der Waals surface area contributed by atoms with Crippen LogP contribution in [-0.4, -0.2) is 30.6 Å². The van der Waals surface area contributed by atoms with E-state index in [0.717, 1.165) is 13.1 Å². The first-order valence-electron chi connectivity index (χ1n) is 7.28. The van der Waals surface area contributed by atoms with Crippen molar-refractivity contribution >= 4 is 0 Å². The van der Waals surface area contributed by atoms with Gasteiger partial charge in [-0.3, -0.25) is 4.90 Å². The number of hydrogen-bond donors (Lipinski definition) is 1. The molecule has 0 bridgehead atoms. The summed E-state index contributed by atoms with van der Waals surface area (Å²) in [5.41, 5.74) is 3.08. The Balaban J connectivity index is 1.67. The third-order valence-corrected chi connectivity index (χ3v) is 3.66. The molecular weight excluding hydrogens is 220 g/mol. The zero-order valence-corrected chi connectivity index (χ0v) is 11.8. The van der Waals surface area contributed by atoms with Gasteiger partial charge in [0.25, 0.3) is 0 Å². The number of hydrogen-bond acceptors (Lipinski definition) is 2. The second kappa shape index (κ2) is 6.91. The van der Waals surface area contributed by atoms with E-state index in [0.29, 0.717) is 6.04 Å². The van der Waals surface area contributed by atoms with E-state index >= 15 is 0 Å². The molecule has 0 saturated carbocycles. The SMILES string of the molecule is CC(C)NCCCCN1CCc2ccccc2C1. The first-order chi connectivity index (χ1) is 8.75. The number of rotatable bonds is 6. The highest BCUT2D eigenvalue weighted by atomic mass is 15.1. The molecule has 0 aromatic heterocycles. The van der Waals surface area contributed by atoms with Crippen molar-refractivity contribution in [3.05, 3.63) is 35.4 Å². The summed E-state index contributed by atoms with van der Waals surface area (Å²) in [6.45, 7) is 9.20. The largest absolute Gasteiger partial charge is 0.315 e. The maximum Gasteiger partial charge on any atom is 0.0236 e. The van der Waals surface area contributed by atoms with Gasteiger partial charge in [0.05, 0.1) is 0 Å². The highest BCUT2D eigenvalue weighted by Crippen LogP contribution is 2.18. The molecule has 0 atom stereocenters. The van der Waals surface area contributed by atoms with E-state index < -0.39 is 0 Å². The summed E-state index contributed by atoms with van der Waals surface area (Å²) in [6, 6.07) is 9.49. The number of nitrogens with zero attached hydrogens (tertiary/aromatic N) is 1. The van der Waals surface area contributed by atoms with Crippen molar-refractivity contribution in [2.75, 3.05) is 19.6 Å². The molecule has 0 fully saturated rings. The van der Waals surface area contributed by atoms with Crippen LogP contribution >= 0.6 is 0 Å². The molecule has 0 amide bonds. The zero-order chi connectivity index (χ0) is 12.8. The fraction of sp³-hybridized carbons (Fsp3) is 0.625. The first-order valence-corrected chi connectivity index (χ1v) is 7.28. The second-order valence-electron chi connectivity index (χ2n) is 5.61. The molecule has 1 aromatic rings. The van der Waals surface area contributed by atoms with Crippen molar-refractivity contribution in [3.8, 4) is 0 Å². The average Bonchev–Trinajstić information content (AvgIpc) is 2.38. The van der Waals surface area contributed by atoms with E-state index in [9.17, 15) is 0 Å². The Bertz CT molecular complexity index is 360. The molecule has 0 saturated heterocycles. The van der Waals surface area contributed by atoms with Gasteiger partial charge in [-0.1, -0.05) is 38.1 Å². The zero-order valence-electron chi connectivity index (χ0n) is 11.8. The minimum atomic E-state index is 0.617. The van der Waals surface area contributed by atoms with Gasteiger partial charge in [-0.05, 0) is 43.5 Å². The maximum absolute atomic E-state index is 3.48. The normalized spacial score (nSPS) is 15.9. The molecule has 1 N–H and O–H groups in total. The van der Waals surface area contributed by atoms with Gasteiger partial charge >= 0.3 is 0 Å². The lowest BCUT2D eigenvalue weighted by atomic mass is 10.00. The summed E-state index contributed by atoms with van der Waals surface area (Å²) in [6.07, 6.45) is 3.82. The Labute approximate surface area is 111 Å². The van der Waals surface area contributed by atoms with E-state index in [2.05, 4.69) is 48.3 Å². The van der Waals surface area contributed by atoms with Crippen molar-refractivity contribution in [1.29, 1.82) is 0 Å². The lowest BCUT2D eigenvalue weighted by molar-refractivity contribution is 0.248. The van der Waals surface area contributed by atoms with E-state index in [4.69, 9.17) is 0 Å². The van der Waals surface area contributed by atoms with Crippen molar-refractivity contribution in [2.24, 2.45) is 0 Å². The molecule has 0 aliphatic carbocycles. The molecule has 0 spiro atoms. The van der Waals surface area contributed by atoms with Crippen LogP contribution < -0.4 is 5.32 Å². The molecule has 1 aliphatic rings. The Morgan fingerprint density at radius 3 is 2.72 bits per heavy atom. The third kappa shape index (κ3) is 4.11. The number of fused-ring (bicyclic) bond motifs is 1. The van der Waals surface area contributed by atoms with Gasteiger partial charge in [0.1, 0.15) is 0 Å². The molecule has 0 radical (unpaired) electrons. The summed E-state index contributed by atoms with van der Waals surface area (Å²) < 4.78 is 0. The Hall–Kier alpha value is -0.860. The van der Waals surface area contributed by atoms with E-state index in [1.165, 1.54) is 37.9 Å². The summed E-state index contributed by atoms with van der Waals surface area (Å²) in [5, 5.41) is 3.48. The van der Waals surface area contributed by atoms with Gasteiger partial charge < -0.3 is 5.32 Å². The van der Waals surface area contributed by atoms with Gasteiger partial charge in [-0.2, -0.15) is 0 Å². The van der Waals surface area contributed by atoms with Crippen molar-refractivity contribution in [1.82, 2.24) is 10.2 Å². The molecule has 2 heteroatoms. The Morgan fingerprint density at radius 2 is 1.94 bits per heavy atom. The van der Waals surface area contributed by atoms with Crippen LogP contribution in [0.25, 0.3) is 0 Å². The molecule has 2 rings (SSSR count). The minimum absolute atomic E-state index is 0.617. The standard InChI is InChI=1S/C16H26N2/c1-14(2)17-10-5-6-11-18-12-9-15-7-3-4-8-16(15)13-18/h3-4,7-8,14,17H,5-6,9-13H2,1-2H3. The molecular formula is C16H26N2. The summed E-state index contributed by atoms with van der Waals surface area (Å²) in [5.74, 6) is 0. The van der Waals surface area contributed by atoms with E-state index in [-0.39, 0.29) is 0 Å². The maximum atomic E-state index is 3.48. The highest BCUT2D eigenvalue weighted by molar-refractivity contribution is 5.28. The van der Waals surface area contributed by atoms with E-state index in [1.54, 1.807) is 5.56 Å². The van der Waals surface area contributed by atoms with Gasteiger partial charge in [-0.15, -0.1) is 0 Å². The fourth-order valence-electron chi connectivity index (χ4n) is 2.60. The lowest BCUT2D eigenvalue weighted by Gasteiger charge is -2.28. The smallest absolute Gasteiger partial charge is 0.0236 e. The number of nitrogens with one attached hydrogen (secondary N) is 1. The summed E-state index contributed by atoms with van der Waals surface area (Å²) in [4.78, 5) is 2.59. The Kier molecular flexibility index (Phi) is 5.21. The number of benzene rings is 1. The van der Waals surface area contributed by atoms with Crippen LogP contribution in [0, 0.1) is 0 Å². The van der Waals surface area contributed by atoms with Gasteiger partial charge in [0.2, 0.25) is 0 Å². The van der Waals surface area contributed by atoms with Crippen LogP contribution in [0.15, 0.2) is 24.3 Å². The monoisotopic (exact) mass is 246 g/mol. The molecule has 100 valence electrons. The molecule has 1 heterocycles. The molecule has 2 nitrogen and oxygen atoms in total. The lowest BCUT2D eigenvalue weighted by Crippen LogP contribution is -2.32. The van der Waals surface area contributed by atoms with Crippen molar-refractivity contribution in [3.63, 3.8) is 0 Å². The topological polar surface area (TPSA) is 15.3 Å². The van der Waals surface area contributed by atoms with Crippen LogP contribution in [0.5, 0.6) is 0 Å². The van der Waals surface area contributed by atoms with E-state index in [1.807, 2.05) is 0 Å². The summed E-state index contributed by atoms with van der Waals surface area (Å²) >= 11 is 0. The van der Waals surface area contributed by atoms with Crippen LogP contribution in [0.4, 0.5) is 0 Å².